The predicted molar refractivity (Wildman–Crippen MR) is 114 cm³/mol. The molecule has 1 fully saturated rings. The zero-order valence-electron chi connectivity index (χ0n) is 17.5. The summed E-state index contributed by atoms with van der Waals surface area (Å²) in [6, 6.07) is 8.84. The average Bonchev–Trinajstić information content (AvgIpc) is 2.81. The molecule has 2 aliphatic rings. The van der Waals surface area contributed by atoms with E-state index in [1.807, 2.05) is 4.90 Å². The Morgan fingerprint density at radius 1 is 0.941 bits per heavy atom. The van der Waals surface area contributed by atoms with Crippen molar-refractivity contribution < 1.29 is 26.4 Å². The Kier molecular flexibility index (Phi) is 5.41. The molecule has 0 spiro atoms. The molecular formula is C21H17F3N6O3S. The molecule has 0 aliphatic carbocycles. The van der Waals surface area contributed by atoms with Gasteiger partial charge >= 0.3 is 6.18 Å². The summed E-state index contributed by atoms with van der Waals surface area (Å²) in [7, 11) is -4.07. The number of alkyl halides is 3. The normalized spacial score (nSPS) is 17.4. The summed E-state index contributed by atoms with van der Waals surface area (Å²) < 4.78 is 65.9. The number of sulfonamides is 1. The molecular weight excluding hydrogens is 473 g/mol. The molecule has 2 aromatic carbocycles. The highest BCUT2D eigenvalue weighted by Crippen LogP contribution is 2.32. The molecule has 1 amide bonds. The first-order valence-electron chi connectivity index (χ1n) is 10.3. The minimum absolute atomic E-state index is 0.109. The first-order chi connectivity index (χ1) is 16.1. The topological polar surface area (TPSA) is 108 Å². The first-order valence-corrected chi connectivity index (χ1v) is 11.7. The van der Waals surface area contributed by atoms with Gasteiger partial charge in [-0.3, -0.25) is 9.69 Å². The van der Waals surface area contributed by atoms with Crippen molar-refractivity contribution in [3.05, 3.63) is 59.4 Å². The van der Waals surface area contributed by atoms with Gasteiger partial charge in [0.05, 0.1) is 33.5 Å². The minimum atomic E-state index is -4.63. The molecule has 0 saturated carbocycles. The number of halogens is 3. The van der Waals surface area contributed by atoms with Gasteiger partial charge in [0.15, 0.2) is 5.82 Å². The van der Waals surface area contributed by atoms with Crippen LogP contribution in [0.3, 0.4) is 0 Å². The van der Waals surface area contributed by atoms with Crippen LogP contribution >= 0.6 is 0 Å². The van der Waals surface area contributed by atoms with Crippen LogP contribution in [0.2, 0.25) is 0 Å². The van der Waals surface area contributed by atoms with E-state index in [2.05, 4.69) is 20.2 Å². The lowest BCUT2D eigenvalue weighted by Crippen LogP contribution is -2.48. The molecule has 0 N–H and O–H groups in total. The van der Waals surface area contributed by atoms with Gasteiger partial charge in [0.2, 0.25) is 10.0 Å². The lowest BCUT2D eigenvalue weighted by molar-refractivity contribution is -0.137. The maximum absolute atomic E-state index is 13.0. The highest BCUT2D eigenvalue weighted by atomic mass is 32.2. The maximum Gasteiger partial charge on any atom is 0.416 e. The van der Waals surface area contributed by atoms with Crippen LogP contribution in [0.4, 0.5) is 19.0 Å². The molecule has 2 aliphatic heterocycles. The second-order valence-corrected chi connectivity index (χ2v) is 9.81. The van der Waals surface area contributed by atoms with E-state index < -0.39 is 27.7 Å². The summed E-state index contributed by atoms with van der Waals surface area (Å²) in [5, 5.41) is 8.04. The minimum Gasteiger partial charge on any atom is -0.293 e. The van der Waals surface area contributed by atoms with E-state index in [-0.39, 0.29) is 18.0 Å². The highest BCUT2D eigenvalue weighted by Gasteiger charge is 2.34. The quantitative estimate of drug-likeness (QED) is 0.555. The van der Waals surface area contributed by atoms with Crippen molar-refractivity contribution in [3.8, 4) is 0 Å². The molecule has 0 atom stereocenters. The lowest BCUT2D eigenvalue weighted by Gasteiger charge is -2.33. The summed E-state index contributed by atoms with van der Waals surface area (Å²) in [6.07, 6.45) is -4.63. The summed E-state index contributed by atoms with van der Waals surface area (Å²) in [5.41, 5.74) is -0.0515. The van der Waals surface area contributed by atoms with Crippen molar-refractivity contribution in [3.63, 3.8) is 0 Å². The van der Waals surface area contributed by atoms with Gasteiger partial charge in [-0.05, 0) is 30.3 Å². The van der Waals surface area contributed by atoms with Crippen LogP contribution in [0.25, 0.3) is 10.9 Å². The average molecular weight is 490 g/mol. The molecule has 9 nitrogen and oxygen atoms in total. The number of piperazine rings is 1. The van der Waals surface area contributed by atoms with Crippen LogP contribution in [0, 0.1) is 0 Å². The fourth-order valence-corrected chi connectivity index (χ4v) is 5.46. The monoisotopic (exact) mass is 490 g/mol. The predicted octanol–water partition coefficient (Wildman–Crippen LogP) is 3.39. The van der Waals surface area contributed by atoms with Gasteiger partial charge in [-0.2, -0.15) is 17.5 Å². The number of aromatic nitrogens is 2. The fraction of sp³-hybridized carbons (Fsp3) is 0.286. The van der Waals surface area contributed by atoms with E-state index in [1.54, 1.807) is 18.2 Å². The Bertz CT molecular complexity index is 1430. The van der Waals surface area contributed by atoms with Crippen LogP contribution in [-0.2, 0) is 22.7 Å². The third kappa shape index (κ3) is 4.06. The van der Waals surface area contributed by atoms with Gasteiger partial charge in [0.1, 0.15) is 5.82 Å². The van der Waals surface area contributed by atoms with Crippen molar-refractivity contribution >= 4 is 32.7 Å². The van der Waals surface area contributed by atoms with E-state index in [9.17, 15) is 26.4 Å². The third-order valence-electron chi connectivity index (χ3n) is 5.71. The smallest absolute Gasteiger partial charge is 0.293 e. The van der Waals surface area contributed by atoms with Gasteiger partial charge in [-0.1, -0.05) is 12.1 Å². The van der Waals surface area contributed by atoms with Gasteiger partial charge < -0.3 is 0 Å². The number of amides is 1. The van der Waals surface area contributed by atoms with Crippen molar-refractivity contribution in [2.24, 2.45) is 10.2 Å². The lowest BCUT2D eigenvalue weighted by atomic mass is 10.1. The van der Waals surface area contributed by atoms with E-state index in [0.29, 0.717) is 53.8 Å². The van der Waals surface area contributed by atoms with E-state index in [1.165, 1.54) is 10.4 Å². The summed E-state index contributed by atoms with van der Waals surface area (Å²) in [5.74, 6) is 0.302. The second kappa shape index (κ2) is 8.18. The van der Waals surface area contributed by atoms with Crippen LogP contribution in [0.5, 0.6) is 0 Å². The van der Waals surface area contributed by atoms with Crippen LogP contribution in [0.15, 0.2) is 57.6 Å². The van der Waals surface area contributed by atoms with E-state index in [0.717, 1.165) is 12.1 Å². The van der Waals surface area contributed by atoms with E-state index >= 15 is 0 Å². The molecule has 176 valence electrons. The Morgan fingerprint density at radius 2 is 1.68 bits per heavy atom. The molecule has 0 bridgehead atoms. The number of hydrogen-bond acceptors (Lipinski definition) is 7. The van der Waals surface area contributed by atoms with Crippen molar-refractivity contribution in [2.75, 3.05) is 26.2 Å². The van der Waals surface area contributed by atoms with Gasteiger partial charge in [-0.15, -0.1) is 10.2 Å². The standard InChI is InChI=1S/C21H17F3N6O3S/c22-21(23,24)13-3-1-4-14(11-13)34(32,33)30-9-7-29(8-10-30)12-17-25-16-6-2-5-15-18(16)19(26-17)27-28-20(15)31/h1-6,11H,7-10,12H2. The Morgan fingerprint density at radius 3 is 2.41 bits per heavy atom. The van der Waals surface area contributed by atoms with E-state index in [4.69, 9.17) is 0 Å². The largest absolute Gasteiger partial charge is 0.416 e. The highest BCUT2D eigenvalue weighted by molar-refractivity contribution is 7.89. The Labute approximate surface area is 192 Å². The molecule has 13 heteroatoms. The summed E-state index contributed by atoms with van der Waals surface area (Å²) >= 11 is 0. The fourth-order valence-electron chi connectivity index (χ4n) is 3.99. The third-order valence-corrected chi connectivity index (χ3v) is 7.61. The Hall–Kier alpha value is -3.29. The Balaban J connectivity index is 1.31. The molecule has 34 heavy (non-hydrogen) atoms. The van der Waals surface area contributed by atoms with Gasteiger partial charge in [0, 0.05) is 26.2 Å². The van der Waals surface area contributed by atoms with Crippen molar-refractivity contribution in [1.82, 2.24) is 19.2 Å². The summed E-state index contributed by atoms with van der Waals surface area (Å²) in [6.45, 7) is 1.22. The number of rotatable bonds is 4. The number of carbonyl (C=O) groups excluding carboxylic acids is 1. The number of nitrogens with zero attached hydrogens (tertiary/aromatic N) is 6. The number of benzene rings is 2. The molecule has 3 aromatic rings. The van der Waals surface area contributed by atoms with Crippen molar-refractivity contribution in [2.45, 2.75) is 17.6 Å². The molecule has 0 unspecified atom stereocenters. The van der Waals surface area contributed by atoms with Crippen LogP contribution < -0.4 is 0 Å². The van der Waals surface area contributed by atoms with Crippen LogP contribution in [0.1, 0.15) is 21.7 Å². The van der Waals surface area contributed by atoms with Gasteiger partial charge in [-0.25, -0.2) is 18.4 Å². The summed E-state index contributed by atoms with van der Waals surface area (Å²) in [4.78, 5) is 22.4. The maximum atomic E-state index is 13.0. The first kappa shape index (κ1) is 22.5. The molecule has 5 rings (SSSR count). The molecule has 1 aromatic heterocycles. The molecule has 1 saturated heterocycles. The molecule has 3 heterocycles. The SMILES string of the molecule is O=C1N=Nc2nc(CN3CCN(S(=O)(=O)c4cccc(C(F)(F)F)c4)CC3)nc3cccc1c23. The van der Waals surface area contributed by atoms with Crippen molar-refractivity contribution in [1.29, 1.82) is 0 Å². The molecule has 0 radical (unpaired) electrons. The zero-order chi connectivity index (χ0) is 24.1. The second-order valence-electron chi connectivity index (χ2n) is 7.87. The van der Waals surface area contributed by atoms with Crippen LogP contribution in [-0.4, -0.2) is 59.7 Å². The number of hydrogen-bond donors (Lipinski definition) is 0. The van der Waals surface area contributed by atoms with Gasteiger partial charge in [0.25, 0.3) is 5.91 Å². The number of carbonyl (C=O) groups is 1. The zero-order valence-corrected chi connectivity index (χ0v) is 18.3. The number of azo groups is 1.